The largest absolute Gasteiger partial charge is 0.472 e. The van der Waals surface area contributed by atoms with Gasteiger partial charge in [-0.15, -0.1) is 0 Å². The lowest BCUT2D eigenvalue weighted by Crippen LogP contribution is -2.50. The Morgan fingerprint density at radius 1 is 1.62 bits per heavy atom. The van der Waals surface area contributed by atoms with Gasteiger partial charge in [0.15, 0.2) is 0 Å². The van der Waals surface area contributed by atoms with Crippen molar-refractivity contribution in [1.82, 2.24) is 15.3 Å². The van der Waals surface area contributed by atoms with Crippen LogP contribution in [-0.2, 0) is 0 Å². The molecular weight excluding hydrogens is 168 g/mol. The molecule has 1 aromatic rings. The molecule has 13 heavy (non-hydrogen) atoms. The molecule has 1 fully saturated rings. The Morgan fingerprint density at radius 2 is 2.46 bits per heavy atom. The molecule has 0 bridgehead atoms. The Bertz CT molecular complexity index is 342. The summed E-state index contributed by atoms with van der Waals surface area (Å²) in [6, 6.07) is 3.51. The van der Waals surface area contributed by atoms with Crippen LogP contribution in [0.4, 0.5) is 0 Å². The molecule has 1 saturated heterocycles. The van der Waals surface area contributed by atoms with Crippen molar-refractivity contribution in [2.45, 2.75) is 6.10 Å². The molecule has 2 rings (SSSR count). The minimum atomic E-state index is 0.143. The van der Waals surface area contributed by atoms with Crippen LogP contribution in [-0.4, -0.2) is 29.2 Å². The molecule has 1 aromatic heterocycles. The molecule has 0 spiro atoms. The highest BCUT2D eigenvalue weighted by Crippen LogP contribution is 2.09. The first-order valence-electron chi connectivity index (χ1n) is 3.99. The van der Waals surface area contributed by atoms with Crippen LogP contribution < -0.4 is 10.1 Å². The molecule has 1 aliphatic heterocycles. The van der Waals surface area contributed by atoms with Gasteiger partial charge < -0.3 is 10.1 Å². The topological polar surface area (TPSA) is 70.8 Å². The summed E-state index contributed by atoms with van der Waals surface area (Å²) in [6.07, 6.45) is 1.70. The Morgan fingerprint density at radius 3 is 3.08 bits per heavy atom. The van der Waals surface area contributed by atoms with E-state index in [1.807, 2.05) is 6.07 Å². The highest BCUT2D eigenvalue weighted by Gasteiger charge is 2.18. The summed E-state index contributed by atoms with van der Waals surface area (Å²) >= 11 is 0. The van der Waals surface area contributed by atoms with Crippen LogP contribution in [0.25, 0.3) is 0 Å². The van der Waals surface area contributed by atoms with E-state index in [4.69, 9.17) is 10.00 Å². The summed E-state index contributed by atoms with van der Waals surface area (Å²) in [5, 5.41) is 11.6. The van der Waals surface area contributed by atoms with E-state index in [1.165, 1.54) is 6.20 Å². The zero-order chi connectivity index (χ0) is 9.10. The van der Waals surface area contributed by atoms with Gasteiger partial charge in [-0.25, -0.2) is 4.98 Å². The lowest BCUT2D eigenvalue weighted by Gasteiger charge is -2.26. The van der Waals surface area contributed by atoms with E-state index in [9.17, 15) is 0 Å². The van der Waals surface area contributed by atoms with Crippen molar-refractivity contribution in [1.29, 1.82) is 5.26 Å². The molecule has 66 valence electrons. The van der Waals surface area contributed by atoms with E-state index >= 15 is 0 Å². The van der Waals surface area contributed by atoms with Gasteiger partial charge in [0.25, 0.3) is 0 Å². The van der Waals surface area contributed by atoms with Gasteiger partial charge in [-0.1, -0.05) is 0 Å². The van der Waals surface area contributed by atoms with E-state index < -0.39 is 0 Å². The Hall–Kier alpha value is -1.67. The second kappa shape index (κ2) is 3.37. The molecule has 0 aliphatic carbocycles. The first-order chi connectivity index (χ1) is 6.38. The summed E-state index contributed by atoms with van der Waals surface area (Å²) in [6.45, 7) is 1.68. The van der Waals surface area contributed by atoms with Gasteiger partial charge in [0, 0.05) is 25.4 Å². The van der Waals surface area contributed by atoms with Crippen molar-refractivity contribution >= 4 is 0 Å². The minimum Gasteiger partial charge on any atom is -0.472 e. The molecular formula is C8H8N4O. The maximum atomic E-state index is 8.52. The van der Waals surface area contributed by atoms with Crippen LogP contribution >= 0.6 is 0 Å². The zero-order valence-electron chi connectivity index (χ0n) is 6.90. The molecule has 5 nitrogen and oxygen atoms in total. The molecule has 0 aromatic carbocycles. The fourth-order valence-electron chi connectivity index (χ4n) is 0.978. The monoisotopic (exact) mass is 176 g/mol. The number of nitrogens with zero attached hydrogens (tertiary/aromatic N) is 3. The molecule has 0 radical (unpaired) electrons. The summed E-state index contributed by atoms with van der Waals surface area (Å²) in [4.78, 5) is 7.63. The normalized spacial score (nSPS) is 15.9. The molecule has 5 heteroatoms. The van der Waals surface area contributed by atoms with Gasteiger partial charge in [-0.2, -0.15) is 10.2 Å². The van der Waals surface area contributed by atoms with Crippen LogP contribution in [0, 0.1) is 11.3 Å². The second-order valence-electron chi connectivity index (χ2n) is 2.73. The summed E-state index contributed by atoms with van der Waals surface area (Å²) in [5.41, 5.74) is 0. The van der Waals surface area contributed by atoms with Crippen molar-refractivity contribution in [2.24, 2.45) is 0 Å². The Labute approximate surface area is 75.4 Å². The first kappa shape index (κ1) is 7.95. The maximum Gasteiger partial charge on any atom is 0.235 e. The highest BCUT2D eigenvalue weighted by atomic mass is 16.5. The number of hydrogen-bond acceptors (Lipinski definition) is 5. The standard InChI is InChI=1S/C8H8N4O/c9-3-7-11-2-1-8(12-7)13-6-4-10-5-6/h1-2,6,10H,4-5H2. The van der Waals surface area contributed by atoms with Crippen LogP contribution in [0.5, 0.6) is 5.88 Å². The molecule has 2 heterocycles. The SMILES string of the molecule is N#Cc1nccc(OC2CNC2)n1. The van der Waals surface area contributed by atoms with E-state index in [-0.39, 0.29) is 11.9 Å². The Balaban J connectivity index is 2.07. The number of rotatable bonds is 2. The summed E-state index contributed by atoms with van der Waals surface area (Å²) < 4.78 is 5.43. The predicted molar refractivity (Wildman–Crippen MR) is 44.0 cm³/mol. The van der Waals surface area contributed by atoms with Crippen LogP contribution in [0.3, 0.4) is 0 Å². The average molecular weight is 176 g/mol. The van der Waals surface area contributed by atoms with Crippen molar-refractivity contribution < 1.29 is 4.74 Å². The number of aromatic nitrogens is 2. The van der Waals surface area contributed by atoms with Crippen molar-refractivity contribution in [3.8, 4) is 11.9 Å². The van der Waals surface area contributed by atoms with Crippen LogP contribution in [0.15, 0.2) is 12.3 Å². The molecule has 0 amide bonds. The maximum absolute atomic E-state index is 8.52. The zero-order valence-corrected chi connectivity index (χ0v) is 6.90. The lowest BCUT2D eigenvalue weighted by molar-refractivity contribution is 0.136. The highest BCUT2D eigenvalue weighted by molar-refractivity contribution is 5.16. The smallest absolute Gasteiger partial charge is 0.235 e. The average Bonchev–Trinajstić information content (AvgIpc) is 2.12. The van der Waals surface area contributed by atoms with Crippen LogP contribution in [0.2, 0.25) is 0 Å². The van der Waals surface area contributed by atoms with Crippen molar-refractivity contribution in [3.05, 3.63) is 18.1 Å². The number of nitriles is 1. The van der Waals surface area contributed by atoms with E-state index in [0.29, 0.717) is 5.88 Å². The van der Waals surface area contributed by atoms with Gasteiger partial charge in [0.05, 0.1) is 0 Å². The van der Waals surface area contributed by atoms with Gasteiger partial charge >= 0.3 is 0 Å². The molecule has 1 aliphatic rings. The molecule has 0 atom stereocenters. The summed E-state index contributed by atoms with van der Waals surface area (Å²) in [7, 11) is 0. The second-order valence-corrected chi connectivity index (χ2v) is 2.73. The van der Waals surface area contributed by atoms with E-state index in [1.54, 1.807) is 6.07 Å². The number of ether oxygens (including phenoxy) is 1. The number of hydrogen-bond donors (Lipinski definition) is 1. The summed E-state index contributed by atoms with van der Waals surface area (Å²) in [5.74, 6) is 0.614. The van der Waals surface area contributed by atoms with Gasteiger partial charge in [-0.3, -0.25) is 0 Å². The van der Waals surface area contributed by atoms with Gasteiger partial charge in [0.1, 0.15) is 12.2 Å². The third-order valence-electron chi connectivity index (χ3n) is 1.76. The van der Waals surface area contributed by atoms with Gasteiger partial charge in [0.2, 0.25) is 11.7 Å². The first-order valence-corrected chi connectivity index (χ1v) is 3.99. The fraction of sp³-hybridized carbons (Fsp3) is 0.375. The van der Waals surface area contributed by atoms with Crippen LogP contribution in [0.1, 0.15) is 5.82 Å². The van der Waals surface area contributed by atoms with Gasteiger partial charge in [-0.05, 0) is 0 Å². The van der Waals surface area contributed by atoms with E-state index in [2.05, 4.69) is 15.3 Å². The van der Waals surface area contributed by atoms with Crippen molar-refractivity contribution in [3.63, 3.8) is 0 Å². The minimum absolute atomic E-state index is 0.143. The van der Waals surface area contributed by atoms with Crippen molar-refractivity contribution in [2.75, 3.05) is 13.1 Å². The van der Waals surface area contributed by atoms with E-state index in [0.717, 1.165) is 13.1 Å². The molecule has 0 saturated carbocycles. The predicted octanol–water partition coefficient (Wildman–Crippen LogP) is -0.301. The molecule has 0 unspecified atom stereocenters. The Kier molecular flexibility index (Phi) is 2.06. The third-order valence-corrected chi connectivity index (χ3v) is 1.76. The lowest BCUT2D eigenvalue weighted by atomic mass is 10.2. The quantitative estimate of drug-likeness (QED) is 0.669. The molecule has 1 N–H and O–H groups in total. The number of nitrogens with one attached hydrogen (secondary N) is 1. The fourth-order valence-corrected chi connectivity index (χ4v) is 0.978. The third kappa shape index (κ3) is 1.73.